The first-order chi connectivity index (χ1) is 8.82. The maximum absolute atomic E-state index is 12.5. The highest BCUT2D eigenvalue weighted by Gasteiger charge is 2.40. The molecule has 1 aromatic rings. The van der Waals surface area contributed by atoms with Crippen LogP contribution in [0, 0.1) is 6.92 Å². The van der Waals surface area contributed by atoms with E-state index in [0.717, 1.165) is 0 Å². The Balaban J connectivity index is 2.35. The van der Waals surface area contributed by atoms with Gasteiger partial charge in [0.1, 0.15) is 11.4 Å². The summed E-state index contributed by atoms with van der Waals surface area (Å²) in [5.74, 6) is -0.0366. The molecule has 2 heterocycles. The maximum atomic E-state index is 12.5. The van der Waals surface area contributed by atoms with Crippen LogP contribution in [0.25, 0.3) is 0 Å². The number of aromatic nitrogens is 1. The summed E-state index contributed by atoms with van der Waals surface area (Å²) in [5, 5.41) is 2.76. The Labute approximate surface area is 112 Å². The van der Waals surface area contributed by atoms with Crippen molar-refractivity contribution >= 4 is 17.6 Å². The predicted molar refractivity (Wildman–Crippen MR) is 71.5 cm³/mol. The Hall–Kier alpha value is -2.11. The van der Waals surface area contributed by atoms with Crippen LogP contribution >= 0.6 is 0 Å². The van der Waals surface area contributed by atoms with Crippen LogP contribution in [0.15, 0.2) is 12.1 Å². The molecule has 3 N–H and O–H groups in total. The van der Waals surface area contributed by atoms with Gasteiger partial charge in [-0.3, -0.25) is 9.59 Å². The number of nitrogens with two attached hydrogens (primary N) is 1. The average molecular weight is 262 g/mol. The first-order valence-corrected chi connectivity index (χ1v) is 6.17. The van der Waals surface area contributed by atoms with Crippen LogP contribution in [-0.4, -0.2) is 40.3 Å². The Kier molecular flexibility index (Phi) is 3.18. The molecule has 1 aromatic heterocycles. The van der Waals surface area contributed by atoms with Gasteiger partial charge in [-0.25, -0.2) is 4.98 Å². The number of amides is 2. The zero-order valence-corrected chi connectivity index (χ0v) is 11.4. The van der Waals surface area contributed by atoms with Crippen LogP contribution in [0.5, 0.6) is 0 Å². The highest BCUT2D eigenvalue weighted by molar-refractivity contribution is 6.00. The van der Waals surface area contributed by atoms with E-state index in [1.54, 1.807) is 31.7 Å². The van der Waals surface area contributed by atoms with E-state index in [1.165, 1.54) is 6.07 Å². The van der Waals surface area contributed by atoms with Gasteiger partial charge in [-0.2, -0.15) is 0 Å². The molecule has 1 aliphatic heterocycles. The molecule has 0 aromatic carbocycles. The fourth-order valence-electron chi connectivity index (χ4n) is 2.23. The van der Waals surface area contributed by atoms with Crippen LogP contribution in [0.1, 0.15) is 29.9 Å². The number of carbonyl (C=O) groups is 2. The molecule has 0 spiro atoms. The van der Waals surface area contributed by atoms with Gasteiger partial charge in [-0.1, -0.05) is 0 Å². The van der Waals surface area contributed by atoms with Crippen molar-refractivity contribution in [3.8, 4) is 0 Å². The summed E-state index contributed by atoms with van der Waals surface area (Å²) in [6, 6.07) is 3.22. The number of anilines is 1. The largest absolute Gasteiger partial charge is 0.384 e. The molecule has 0 saturated carbocycles. The van der Waals surface area contributed by atoms with E-state index in [1.807, 2.05) is 0 Å². The van der Waals surface area contributed by atoms with Crippen molar-refractivity contribution in [1.29, 1.82) is 0 Å². The van der Waals surface area contributed by atoms with Gasteiger partial charge in [0.05, 0.1) is 0 Å². The van der Waals surface area contributed by atoms with Crippen LogP contribution in [0.4, 0.5) is 5.82 Å². The summed E-state index contributed by atoms with van der Waals surface area (Å²) < 4.78 is 0. The predicted octanol–water partition coefficient (Wildman–Crippen LogP) is 0.323. The van der Waals surface area contributed by atoms with Crippen molar-refractivity contribution in [2.24, 2.45) is 0 Å². The lowest BCUT2D eigenvalue weighted by Crippen LogP contribution is -2.63. The molecule has 0 unspecified atom stereocenters. The van der Waals surface area contributed by atoms with Gasteiger partial charge < -0.3 is 16.0 Å². The number of aryl methyl sites for hydroxylation is 1. The third-order valence-corrected chi connectivity index (χ3v) is 3.32. The molecule has 6 heteroatoms. The topological polar surface area (TPSA) is 88.3 Å². The van der Waals surface area contributed by atoms with Crippen molar-refractivity contribution in [3.05, 3.63) is 23.4 Å². The second-order valence-corrected chi connectivity index (χ2v) is 5.19. The number of nitrogens with one attached hydrogen (secondary N) is 1. The zero-order chi connectivity index (χ0) is 14.2. The Morgan fingerprint density at radius 3 is 2.79 bits per heavy atom. The van der Waals surface area contributed by atoms with Gasteiger partial charge in [0, 0.05) is 24.3 Å². The molecule has 1 saturated heterocycles. The Bertz CT molecular complexity index is 519. The standard InChI is InChI=1S/C13H18N4O2/c1-8-6-9(7-10(14)16-8)11(18)17-5-4-15-12(19)13(17,2)3/h6-7H,4-5H2,1-3H3,(H2,14,16)(H,15,19). The fourth-order valence-corrected chi connectivity index (χ4v) is 2.23. The van der Waals surface area contributed by atoms with Crippen LogP contribution in [-0.2, 0) is 4.79 Å². The van der Waals surface area contributed by atoms with Crippen molar-refractivity contribution < 1.29 is 9.59 Å². The lowest BCUT2D eigenvalue weighted by atomic mass is 9.97. The normalized spacial score (nSPS) is 18.1. The third kappa shape index (κ3) is 2.38. The van der Waals surface area contributed by atoms with Gasteiger partial charge in [0.25, 0.3) is 5.91 Å². The quantitative estimate of drug-likeness (QED) is 0.763. The zero-order valence-electron chi connectivity index (χ0n) is 11.4. The van der Waals surface area contributed by atoms with Crippen LogP contribution in [0.3, 0.4) is 0 Å². The minimum absolute atomic E-state index is 0.147. The third-order valence-electron chi connectivity index (χ3n) is 3.32. The van der Waals surface area contributed by atoms with Crippen LogP contribution < -0.4 is 11.1 Å². The molecule has 0 aliphatic carbocycles. The molecule has 0 atom stereocenters. The second kappa shape index (κ2) is 4.53. The molecule has 1 fully saturated rings. The van der Waals surface area contributed by atoms with Gasteiger partial charge in [0.2, 0.25) is 5.91 Å². The number of pyridine rings is 1. The monoisotopic (exact) mass is 262 g/mol. The minimum Gasteiger partial charge on any atom is -0.384 e. The van der Waals surface area contributed by atoms with E-state index in [0.29, 0.717) is 30.2 Å². The summed E-state index contributed by atoms with van der Waals surface area (Å²) in [7, 11) is 0. The summed E-state index contributed by atoms with van der Waals surface area (Å²) >= 11 is 0. The molecular formula is C13H18N4O2. The first-order valence-electron chi connectivity index (χ1n) is 6.17. The number of hydrogen-bond donors (Lipinski definition) is 2. The van der Waals surface area contributed by atoms with Gasteiger partial charge >= 0.3 is 0 Å². The molecule has 0 radical (unpaired) electrons. The summed E-state index contributed by atoms with van der Waals surface area (Å²) in [4.78, 5) is 30.0. The average Bonchev–Trinajstić information content (AvgIpc) is 2.30. The molecule has 2 rings (SSSR count). The number of nitrogens with zero attached hydrogens (tertiary/aromatic N) is 2. The van der Waals surface area contributed by atoms with E-state index >= 15 is 0 Å². The highest BCUT2D eigenvalue weighted by atomic mass is 16.2. The molecule has 102 valence electrons. The SMILES string of the molecule is Cc1cc(C(=O)N2CCNC(=O)C2(C)C)cc(N)n1. The number of hydrogen-bond acceptors (Lipinski definition) is 4. The number of nitrogen functional groups attached to an aromatic ring is 1. The van der Waals surface area contributed by atoms with E-state index in [2.05, 4.69) is 10.3 Å². The molecule has 1 aliphatic rings. The smallest absolute Gasteiger partial charge is 0.254 e. The number of carbonyl (C=O) groups excluding carboxylic acids is 2. The van der Waals surface area contributed by atoms with Crippen molar-refractivity contribution in [2.45, 2.75) is 26.3 Å². The number of piperazine rings is 1. The van der Waals surface area contributed by atoms with Gasteiger partial charge in [0.15, 0.2) is 0 Å². The summed E-state index contributed by atoms with van der Waals surface area (Å²) in [6.45, 7) is 6.20. The lowest BCUT2D eigenvalue weighted by Gasteiger charge is -2.41. The Morgan fingerprint density at radius 2 is 2.16 bits per heavy atom. The fraction of sp³-hybridized carbons (Fsp3) is 0.462. The molecule has 0 bridgehead atoms. The molecule has 19 heavy (non-hydrogen) atoms. The van der Waals surface area contributed by atoms with Crippen LogP contribution in [0.2, 0.25) is 0 Å². The second-order valence-electron chi connectivity index (χ2n) is 5.19. The molecule has 2 amide bonds. The molecular weight excluding hydrogens is 244 g/mol. The van der Waals surface area contributed by atoms with Crippen molar-refractivity contribution in [1.82, 2.24) is 15.2 Å². The van der Waals surface area contributed by atoms with E-state index in [9.17, 15) is 9.59 Å². The van der Waals surface area contributed by atoms with E-state index < -0.39 is 5.54 Å². The van der Waals surface area contributed by atoms with Gasteiger partial charge in [-0.15, -0.1) is 0 Å². The van der Waals surface area contributed by atoms with Crippen molar-refractivity contribution in [2.75, 3.05) is 18.8 Å². The first kappa shape index (κ1) is 13.3. The minimum atomic E-state index is -0.860. The maximum Gasteiger partial charge on any atom is 0.254 e. The van der Waals surface area contributed by atoms with E-state index in [-0.39, 0.29) is 11.8 Å². The van der Waals surface area contributed by atoms with Crippen molar-refractivity contribution in [3.63, 3.8) is 0 Å². The summed E-state index contributed by atoms with van der Waals surface area (Å²) in [5.41, 5.74) is 5.95. The molecule has 6 nitrogen and oxygen atoms in total. The van der Waals surface area contributed by atoms with Gasteiger partial charge in [-0.05, 0) is 32.9 Å². The number of rotatable bonds is 1. The Morgan fingerprint density at radius 1 is 1.47 bits per heavy atom. The van der Waals surface area contributed by atoms with E-state index in [4.69, 9.17) is 5.73 Å². The highest BCUT2D eigenvalue weighted by Crippen LogP contribution is 2.21. The lowest BCUT2D eigenvalue weighted by molar-refractivity contribution is -0.133. The summed E-state index contributed by atoms with van der Waals surface area (Å²) in [6.07, 6.45) is 0.